The molecule has 0 heterocycles. The van der Waals surface area contributed by atoms with E-state index in [1.807, 2.05) is 44.2 Å². The summed E-state index contributed by atoms with van der Waals surface area (Å²) in [5, 5.41) is 2.97. The third-order valence-corrected chi connectivity index (χ3v) is 3.83. The summed E-state index contributed by atoms with van der Waals surface area (Å²) in [6.07, 6.45) is -0.515. The molecule has 122 valence electrons. The van der Waals surface area contributed by atoms with Crippen molar-refractivity contribution >= 4 is 5.91 Å². The van der Waals surface area contributed by atoms with Gasteiger partial charge in [0.1, 0.15) is 5.75 Å². The van der Waals surface area contributed by atoms with E-state index in [0.717, 1.165) is 16.9 Å². The van der Waals surface area contributed by atoms with Gasteiger partial charge in [-0.15, -0.1) is 0 Å². The lowest BCUT2D eigenvalue weighted by Crippen LogP contribution is -2.38. The fourth-order valence-electron chi connectivity index (χ4n) is 2.56. The number of benzene rings is 2. The lowest BCUT2D eigenvalue weighted by Gasteiger charge is -2.18. The molecule has 2 aromatic carbocycles. The molecule has 0 aromatic heterocycles. The number of rotatable bonds is 6. The molecular formula is C20H25NO2. The second-order valence-electron chi connectivity index (χ2n) is 6.14. The van der Waals surface area contributed by atoms with Gasteiger partial charge in [-0.3, -0.25) is 4.79 Å². The summed E-state index contributed by atoms with van der Waals surface area (Å²) in [7, 11) is 0. The fraction of sp³-hybridized carbons (Fsp3) is 0.350. The quantitative estimate of drug-likeness (QED) is 0.876. The molecule has 0 aliphatic rings. The second-order valence-corrected chi connectivity index (χ2v) is 6.14. The third-order valence-electron chi connectivity index (χ3n) is 3.83. The van der Waals surface area contributed by atoms with Crippen LogP contribution in [-0.4, -0.2) is 18.6 Å². The highest BCUT2D eigenvalue weighted by atomic mass is 16.5. The molecule has 0 saturated carbocycles. The van der Waals surface area contributed by atoms with Crippen LogP contribution in [0.4, 0.5) is 0 Å². The number of aryl methyl sites for hydroxylation is 2. The minimum atomic E-state index is -0.515. The Morgan fingerprint density at radius 1 is 1.04 bits per heavy atom. The summed E-state index contributed by atoms with van der Waals surface area (Å²) in [5.74, 6) is 0.918. The summed E-state index contributed by atoms with van der Waals surface area (Å²) in [6, 6.07) is 16.2. The number of amides is 1. The van der Waals surface area contributed by atoms with Crippen LogP contribution in [0.3, 0.4) is 0 Å². The standard InChI is InChI=1S/C20H25NO2/c1-14-10-15(2)12-19(11-14)23-17(4)20(22)21-13-16(3)18-8-6-5-7-9-18/h5-12,16-17H,13H2,1-4H3,(H,21,22). The fourth-order valence-corrected chi connectivity index (χ4v) is 2.56. The van der Waals surface area contributed by atoms with Crippen LogP contribution in [0.5, 0.6) is 5.75 Å². The second kappa shape index (κ2) is 7.82. The number of carbonyl (C=O) groups excluding carboxylic acids is 1. The van der Waals surface area contributed by atoms with Crippen molar-refractivity contribution in [3.05, 3.63) is 65.2 Å². The van der Waals surface area contributed by atoms with Crippen molar-refractivity contribution in [1.29, 1.82) is 0 Å². The van der Waals surface area contributed by atoms with Gasteiger partial charge in [-0.25, -0.2) is 0 Å². The molecule has 2 aromatic rings. The van der Waals surface area contributed by atoms with Gasteiger partial charge in [0.25, 0.3) is 5.91 Å². The summed E-state index contributed by atoms with van der Waals surface area (Å²) in [6.45, 7) is 8.52. The predicted molar refractivity (Wildman–Crippen MR) is 93.9 cm³/mol. The molecule has 0 fully saturated rings. The Hall–Kier alpha value is -2.29. The highest BCUT2D eigenvalue weighted by Crippen LogP contribution is 2.18. The first-order valence-corrected chi connectivity index (χ1v) is 8.03. The van der Waals surface area contributed by atoms with Gasteiger partial charge in [-0.2, -0.15) is 0 Å². The minimum Gasteiger partial charge on any atom is -0.481 e. The minimum absolute atomic E-state index is 0.0908. The molecule has 0 bridgehead atoms. The molecule has 0 radical (unpaired) electrons. The molecule has 2 atom stereocenters. The van der Waals surface area contributed by atoms with Crippen molar-refractivity contribution in [3.63, 3.8) is 0 Å². The van der Waals surface area contributed by atoms with Crippen molar-refractivity contribution < 1.29 is 9.53 Å². The average molecular weight is 311 g/mol. The first kappa shape index (κ1) is 17.1. The zero-order valence-corrected chi connectivity index (χ0v) is 14.3. The molecule has 1 N–H and O–H groups in total. The van der Waals surface area contributed by atoms with Crippen LogP contribution in [0.1, 0.15) is 36.5 Å². The van der Waals surface area contributed by atoms with Gasteiger partial charge < -0.3 is 10.1 Å². The summed E-state index contributed by atoms with van der Waals surface area (Å²) >= 11 is 0. The normalized spacial score (nSPS) is 13.2. The highest BCUT2D eigenvalue weighted by molar-refractivity contribution is 5.80. The molecule has 0 aliphatic heterocycles. The van der Waals surface area contributed by atoms with Crippen LogP contribution >= 0.6 is 0 Å². The molecule has 2 rings (SSSR count). The van der Waals surface area contributed by atoms with Gasteiger partial charge in [0, 0.05) is 6.54 Å². The molecule has 3 nitrogen and oxygen atoms in total. The van der Waals surface area contributed by atoms with Gasteiger partial charge in [-0.05, 0) is 55.5 Å². The molecule has 0 spiro atoms. The van der Waals surface area contributed by atoms with Crippen LogP contribution < -0.4 is 10.1 Å². The van der Waals surface area contributed by atoms with Gasteiger partial charge >= 0.3 is 0 Å². The first-order valence-electron chi connectivity index (χ1n) is 8.03. The van der Waals surface area contributed by atoms with E-state index in [9.17, 15) is 4.79 Å². The Morgan fingerprint density at radius 2 is 1.65 bits per heavy atom. The predicted octanol–water partition coefficient (Wildman–Crippen LogP) is 3.99. The zero-order valence-electron chi connectivity index (χ0n) is 14.3. The van der Waals surface area contributed by atoms with E-state index in [0.29, 0.717) is 6.54 Å². The monoisotopic (exact) mass is 311 g/mol. The van der Waals surface area contributed by atoms with Crippen LogP contribution in [0.25, 0.3) is 0 Å². The van der Waals surface area contributed by atoms with Crippen LogP contribution in [0, 0.1) is 13.8 Å². The Balaban J connectivity index is 1.87. The van der Waals surface area contributed by atoms with Crippen molar-refractivity contribution in [2.45, 2.75) is 39.7 Å². The maximum absolute atomic E-state index is 12.2. The highest BCUT2D eigenvalue weighted by Gasteiger charge is 2.16. The first-order chi connectivity index (χ1) is 11.0. The molecular weight excluding hydrogens is 286 g/mol. The van der Waals surface area contributed by atoms with E-state index in [4.69, 9.17) is 4.74 Å². The maximum atomic E-state index is 12.2. The summed E-state index contributed by atoms with van der Waals surface area (Å²) in [5.41, 5.74) is 3.48. The number of hydrogen-bond donors (Lipinski definition) is 1. The van der Waals surface area contributed by atoms with Crippen molar-refractivity contribution in [2.24, 2.45) is 0 Å². The lowest BCUT2D eigenvalue weighted by molar-refractivity contribution is -0.127. The average Bonchev–Trinajstić information content (AvgIpc) is 2.52. The van der Waals surface area contributed by atoms with Crippen LogP contribution in [0.2, 0.25) is 0 Å². The summed E-state index contributed by atoms with van der Waals surface area (Å²) < 4.78 is 5.76. The molecule has 1 amide bonds. The van der Waals surface area contributed by atoms with Gasteiger partial charge in [0.15, 0.2) is 6.10 Å². The van der Waals surface area contributed by atoms with Gasteiger partial charge in [0.2, 0.25) is 0 Å². The van der Waals surface area contributed by atoms with E-state index in [1.165, 1.54) is 5.56 Å². The van der Waals surface area contributed by atoms with Crippen molar-refractivity contribution in [2.75, 3.05) is 6.54 Å². The Labute approximate surface area is 138 Å². The van der Waals surface area contributed by atoms with E-state index in [2.05, 4.69) is 30.4 Å². The molecule has 3 heteroatoms. The van der Waals surface area contributed by atoms with Crippen molar-refractivity contribution in [3.8, 4) is 5.75 Å². The van der Waals surface area contributed by atoms with Crippen LogP contribution in [-0.2, 0) is 4.79 Å². The largest absolute Gasteiger partial charge is 0.481 e. The topological polar surface area (TPSA) is 38.3 Å². The Bertz CT molecular complexity index is 632. The Morgan fingerprint density at radius 3 is 2.26 bits per heavy atom. The number of nitrogens with one attached hydrogen (secondary N) is 1. The van der Waals surface area contributed by atoms with E-state index in [-0.39, 0.29) is 11.8 Å². The molecule has 23 heavy (non-hydrogen) atoms. The van der Waals surface area contributed by atoms with Crippen LogP contribution in [0.15, 0.2) is 48.5 Å². The maximum Gasteiger partial charge on any atom is 0.260 e. The van der Waals surface area contributed by atoms with Gasteiger partial charge in [0.05, 0.1) is 0 Å². The van der Waals surface area contributed by atoms with Gasteiger partial charge in [-0.1, -0.05) is 43.3 Å². The van der Waals surface area contributed by atoms with E-state index >= 15 is 0 Å². The third kappa shape index (κ3) is 5.13. The lowest BCUT2D eigenvalue weighted by atomic mass is 10.0. The smallest absolute Gasteiger partial charge is 0.260 e. The SMILES string of the molecule is Cc1cc(C)cc(OC(C)C(=O)NCC(C)c2ccccc2)c1. The van der Waals surface area contributed by atoms with Crippen molar-refractivity contribution in [1.82, 2.24) is 5.32 Å². The van der Waals surface area contributed by atoms with E-state index in [1.54, 1.807) is 6.92 Å². The molecule has 2 unspecified atom stereocenters. The number of carbonyl (C=O) groups is 1. The molecule has 0 aliphatic carbocycles. The summed E-state index contributed by atoms with van der Waals surface area (Å²) in [4.78, 5) is 12.2. The number of ether oxygens (including phenoxy) is 1. The molecule has 0 saturated heterocycles. The number of hydrogen-bond acceptors (Lipinski definition) is 2. The zero-order chi connectivity index (χ0) is 16.8. The Kier molecular flexibility index (Phi) is 5.80. The van der Waals surface area contributed by atoms with E-state index < -0.39 is 6.10 Å².